The number of nitrogens with one attached hydrogen (secondary N) is 2. The van der Waals surface area contributed by atoms with Gasteiger partial charge in [-0.05, 0) is 21.9 Å². The van der Waals surface area contributed by atoms with Gasteiger partial charge in [0, 0.05) is 51.5 Å². The smallest absolute Gasteiger partial charge is 0.305 e. The molecule has 0 atom stereocenters. The van der Waals surface area contributed by atoms with Gasteiger partial charge in [-0.15, -0.1) is 5.10 Å². The zero-order valence-electron chi connectivity index (χ0n) is 14.5. The molecule has 1 radical (unpaired) electrons. The molecule has 0 aliphatic carbocycles. The Morgan fingerprint density at radius 3 is 2.56 bits per heavy atom. The molecule has 3 aromatic carbocycles. The molecule has 5 aromatic rings. The molecule has 0 unspecified atom stereocenters. The Labute approximate surface area is 175 Å². The molecule has 0 bridgehead atoms. The molecule has 0 saturated heterocycles. The quantitative estimate of drug-likeness (QED) is 0.371. The van der Waals surface area contributed by atoms with Crippen molar-refractivity contribution in [2.45, 2.75) is 0 Å². The number of H-pyrrole nitrogens is 2. The third-order valence-corrected chi connectivity index (χ3v) is 4.38. The van der Waals surface area contributed by atoms with Crippen molar-refractivity contribution in [3.8, 4) is 22.6 Å². The first-order valence-corrected chi connectivity index (χ1v) is 8.06. The first-order chi connectivity index (χ1) is 12.8. The molecule has 2 aromatic heterocycles. The second-order valence-electron chi connectivity index (χ2n) is 5.93. The Kier molecular flexibility index (Phi) is 4.57. The third-order valence-electron chi connectivity index (χ3n) is 4.38. The maximum absolute atomic E-state index is 12.2. The maximum atomic E-state index is 12.2. The van der Waals surface area contributed by atoms with Crippen LogP contribution >= 0.6 is 0 Å². The number of aromatic amines is 2. The van der Waals surface area contributed by atoms with Crippen molar-refractivity contribution in [2.24, 2.45) is 0 Å². The number of hydrogen-bond acceptors (Lipinski definition) is 5. The predicted octanol–water partition coefficient (Wildman–Crippen LogP) is 2.54. The summed E-state index contributed by atoms with van der Waals surface area (Å²) in [6.07, 6.45) is 0. The SMILES string of the molecule is O=c1nc(-c2cccc(-c3nnn[nH]3)c2)c2ccc3ccccc3c2[nH]1.[Na]. The molecule has 7 nitrogen and oxygen atoms in total. The van der Waals surface area contributed by atoms with Crippen LogP contribution in [0.5, 0.6) is 0 Å². The van der Waals surface area contributed by atoms with Crippen LogP contribution in [-0.4, -0.2) is 60.1 Å². The number of aromatic nitrogens is 6. The summed E-state index contributed by atoms with van der Waals surface area (Å²) in [5, 5.41) is 16.8. The van der Waals surface area contributed by atoms with Crippen molar-refractivity contribution in [1.82, 2.24) is 30.6 Å². The molecule has 0 fully saturated rings. The normalized spacial score (nSPS) is 10.8. The number of fused-ring (bicyclic) bond motifs is 3. The average Bonchev–Trinajstić information content (AvgIpc) is 3.22. The van der Waals surface area contributed by atoms with Gasteiger partial charge in [-0.2, -0.15) is 4.98 Å². The summed E-state index contributed by atoms with van der Waals surface area (Å²) in [7, 11) is 0. The molecule has 2 N–H and O–H groups in total. The molecule has 5 rings (SSSR count). The average molecular weight is 363 g/mol. The Bertz CT molecular complexity index is 1310. The summed E-state index contributed by atoms with van der Waals surface area (Å²) in [4.78, 5) is 19.3. The van der Waals surface area contributed by atoms with E-state index in [1.165, 1.54) is 0 Å². The summed E-state index contributed by atoms with van der Waals surface area (Å²) in [5.41, 5.74) is 2.68. The van der Waals surface area contributed by atoms with Crippen molar-refractivity contribution in [1.29, 1.82) is 0 Å². The summed E-state index contributed by atoms with van der Waals surface area (Å²) < 4.78 is 0. The van der Waals surface area contributed by atoms with Gasteiger partial charge in [0.05, 0.1) is 11.2 Å². The molecule has 0 amide bonds. The molecule has 27 heavy (non-hydrogen) atoms. The molecule has 2 heterocycles. The Hall–Kier alpha value is -2.87. The van der Waals surface area contributed by atoms with Crippen LogP contribution in [0.4, 0.5) is 0 Å². The van der Waals surface area contributed by atoms with E-state index >= 15 is 0 Å². The fraction of sp³-hybridized carbons (Fsp3) is 0. The second-order valence-corrected chi connectivity index (χ2v) is 5.93. The van der Waals surface area contributed by atoms with E-state index in [0.29, 0.717) is 11.5 Å². The van der Waals surface area contributed by atoms with Gasteiger partial charge in [-0.1, -0.05) is 54.6 Å². The summed E-state index contributed by atoms with van der Waals surface area (Å²) >= 11 is 0. The van der Waals surface area contributed by atoms with Gasteiger partial charge in [0.15, 0.2) is 5.82 Å². The van der Waals surface area contributed by atoms with Crippen LogP contribution in [0.1, 0.15) is 0 Å². The summed E-state index contributed by atoms with van der Waals surface area (Å²) in [6, 6.07) is 19.6. The standard InChI is InChI=1S/C19H12N6O.Na/c26-19-20-16(12-5-3-6-13(10-12)18-22-24-25-23-18)15-9-8-11-4-1-2-7-14(11)17(15)21-19;/h1-10H,(H,20,21,26)(H,22,23,24,25);. The topological polar surface area (TPSA) is 100 Å². The van der Waals surface area contributed by atoms with Gasteiger partial charge in [0.1, 0.15) is 0 Å². The third kappa shape index (κ3) is 3.06. The number of nitrogens with zero attached hydrogens (tertiary/aromatic N) is 4. The maximum Gasteiger partial charge on any atom is 0.345 e. The van der Waals surface area contributed by atoms with E-state index in [-0.39, 0.29) is 35.2 Å². The monoisotopic (exact) mass is 363 g/mol. The molecule has 125 valence electrons. The zero-order valence-corrected chi connectivity index (χ0v) is 16.5. The minimum atomic E-state index is -0.379. The van der Waals surface area contributed by atoms with E-state index < -0.39 is 0 Å². The summed E-state index contributed by atoms with van der Waals surface area (Å²) in [5.74, 6) is 0.562. The van der Waals surface area contributed by atoms with E-state index in [1.807, 2.05) is 60.7 Å². The van der Waals surface area contributed by atoms with Crippen LogP contribution < -0.4 is 5.69 Å². The van der Waals surface area contributed by atoms with Gasteiger partial charge in [0.2, 0.25) is 0 Å². The molecule has 0 spiro atoms. The van der Waals surface area contributed by atoms with E-state index in [4.69, 9.17) is 0 Å². The van der Waals surface area contributed by atoms with Crippen LogP contribution in [0.2, 0.25) is 0 Å². The van der Waals surface area contributed by atoms with E-state index in [0.717, 1.165) is 32.8 Å². The number of tetrazole rings is 1. The fourth-order valence-electron chi connectivity index (χ4n) is 3.22. The predicted molar refractivity (Wildman–Crippen MR) is 104 cm³/mol. The minimum Gasteiger partial charge on any atom is -0.305 e. The Morgan fingerprint density at radius 1 is 0.852 bits per heavy atom. The fourth-order valence-corrected chi connectivity index (χ4v) is 3.22. The van der Waals surface area contributed by atoms with Crippen LogP contribution in [-0.2, 0) is 0 Å². The van der Waals surface area contributed by atoms with Crippen molar-refractivity contribution >= 4 is 51.2 Å². The van der Waals surface area contributed by atoms with Gasteiger partial charge in [0.25, 0.3) is 0 Å². The molecular formula is C19H12N6NaO. The van der Waals surface area contributed by atoms with Crippen LogP contribution in [0.25, 0.3) is 44.3 Å². The van der Waals surface area contributed by atoms with Crippen LogP contribution in [0.3, 0.4) is 0 Å². The van der Waals surface area contributed by atoms with Gasteiger partial charge in [-0.3, -0.25) is 0 Å². The molecule has 0 aliphatic heterocycles. The zero-order chi connectivity index (χ0) is 17.5. The van der Waals surface area contributed by atoms with Gasteiger partial charge >= 0.3 is 5.69 Å². The first-order valence-electron chi connectivity index (χ1n) is 8.06. The summed E-state index contributed by atoms with van der Waals surface area (Å²) in [6.45, 7) is 0. The minimum absolute atomic E-state index is 0. The van der Waals surface area contributed by atoms with Crippen molar-refractivity contribution < 1.29 is 0 Å². The van der Waals surface area contributed by atoms with Crippen LogP contribution in [0.15, 0.2) is 65.5 Å². The first kappa shape index (κ1) is 17.5. The van der Waals surface area contributed by atoms with Crippen molar-refractivity contribution in [3.05, 3.63) is 71.1 Å². The molecule has 0 aliphatic rings. The van der Waals surface area contributed by atoms with Crippen LogP contribution in [0, 0.1) is 0 Å². The van der Waals surface area contributed by atoms with E-state index in [1.54, 1.807) is 0 Å². The number of hydrogen-bond donors (Lipinski definition) is 2. The number of benzene rings is 3. The van der Waals surface area contributed by atoms with Crippen molar-refractivity contribution in [2.75, 3.05) is 0 Å². The van der Waals surface area contributed by atoms with E-state index in [2.05, 4.69) is 30.6 Å². The second kappa shape index (κ2) is 7.03. The Morgan fingerprint density at radius 2 is 1.70 bits per heavy atom. The molecule has 8 heteroatoms. The van der Waals surface area contributed by atoms with Gasteiger partial charge < -0.3 is 4.98 Å². The van der Waals surface area contributed by atoms with E-state index in [9.17, 15) is 4.79 Å². The van der Waals surface area contributed by atoms with Crippen molar-refractivity contribution in [3.63, 3.8) is 0 Å². The number of rotatable bonds is 2. The van der Waals surface area contributed by atoms with Gasteiger partial charge in [-0.25, -0.2) is 9.89 Å². The largest absolute Gasteiger partial charge is 0.345 e. The molecular weight excluding hydrogens is 351 g/mol. The molecule has 0 saturated carbocycles. The Balaban J connectivity index is 0.00000180.